The highest BCUT2D eigenvalue weighted by atomic mass is 16.5. The standard InChI is InChI=1S/C16H29N5O/c1-13-17-18-16(20(13)3)12-19(2)15-4-7-21(11-15)10-14-5-8-22-9-6-14/h14-15H,4-12H2,1-3H3/t15-/m0/s1. The van der Waals surface area contributed by atoms with E-state index in [0.29, 0.717) is 6.04 Å². The smallest absolute Gasteiger partial charge is 0.146 e. The van der Waals surface area contributed by atoms with Crippen molar-refractivity contribution in [1.82, 2.24) is 24.6 Å². The van der Waals surface area contributed by atoms with E-state index in [1.54, 1.807) is 0 Å². The molecule has 3 heterocycles. The molecule has 0 unspecified atom stereocenters. The molecule has 3 rings (SSSR count). The molecule has 22 heavy (non-hydrogen) atoms. The Labute approximate surface area is 133 Å². The highest BCUT2D eigenvalue weighted by Crippen LogP contribution is 2.21. The SMILES string of the molecule is Cc1nnc(CN(C)[C@H]2CCN(CC3CCOCC3)C2)n1C. The van der Waals surface area contributed by atoms with Gasteiger partial charge in [0.1, 0.15) is 11.6 Å². The van der Waals surface area contributed by atoms with Gasteiger partial charge in [0.05, 0.1) is 6.54 Å². The molecule has 2 saturated heterocycles. The second-order valence-corrected chi connectivity index (χ2v) is 6.90. The summed E-state index contributed by atoms with van der Waals surface area (Å²) in [6.45, 7) is 8.45. The molecule has 6 heteroatoms. The predicted molar refractivity (Wildman–Crippen MR) is 85.6 cm³/mol. The van der Waals surface area contributed by atoms with Crippen LogP contribution in [-0.2, 0) is 18.3 Å². The fourth-order valence-electron chi connectivity index (χ4n) is 3.57. The van der Waals surface area contributed by atoms with Gasteiger partial charge in [-0.05, 0) is 45.7 Å². The number of ether oxygens (including phenoxy) is 1. The van der Waals surface area contributed by atoms with Gasteiger partial charge in [-0.2, -0.15) is 0 Å². The van der Waals surface area contributed by atoms with Crippen molar-refractivity contribution in [1.29, 1.82) is 0 Å². The Kier molecular flexibility index (Phi) is 5.10. The average Bonchev–Trinajstić information content (AvgIpc) is 3.10. The molecule has 2 aliphatic rings. The van der Waals surface area contributed by atoms with Crippen molar-refractivity contribution in [3.05, 3.63) is 11.6 Å². The van der Waals surface area contributed by atoms with E-state index in [2.05, 4.69) is 31.6 Å². The normalized spacial score (nSPS) is 24.5. The molecule has 124 valence electrons. The van der Waals surface area contributed by atoms with Crippen LogP contribution in [0.15, 0.2) is 0 Å². The van der Waals surface area contributed by atoms with Gasteiger partial charge in [0.15, 0.2) is 0 Å². The molecular formula is C16H29N5O. The number of aromatic nitrogens is 3. The first-order chi connectivity index (χ1) is 10.6. The van der Waals surface area contributed by atoms with Crippen LogP contribution in [-0.4, -0.2) is 70.5 Å². The van der Waals surface area contributed by atoms with Crippen LogP contribution in [0.4, 0.5) is 0 Å². The maximum Gasteiger partial charge on any atom is 0.146 e. The fourth-order valence-corrected chi connectivity index (χ4v) is 3.57. The van der Waals surface area contributed by atoms with E-state index >= 15 is 0 Å². The Hall–Kier alpha value is -0.980. The van der Waals surface area contributed by atoms with Crippen molar-refractivity contribution in [2.45, 2.75) is 38.8 Å². The first-order valence-corrected chi connectivity index (χ1v) is 8.48. The summed E-state index contributed by atoms with van der Waals surface area (Å²) in [5.74, 6) is 2.87. The number of rotatable bonds is 5. The minimum Gasteiger partial charge on any atom is -0.381 e. The lowest BCUT2D eigenvalue weighted by atomic mass is 10.00. The Balaban J connectivity index is 1.48. The molecule has 0 radical (unpaired) electrons. The van der Waals surface area contributed by atoms with E-state index in [9.17, 15) is 0 Å². The van der Waals surface area contributed by atoms with Crippen molar-refractivity contribution >= 4 is 0 Å². The van der Waals surface area contributed by atoms with Crippen LogP contribution < -0.4 is 0 Å². The first kappa shape index (κ1) is 15.9. The largest absolute Gasteiger partial charge is 0.381 e. The third-order valence-corrected chi connectivity index (χ3v) is 5.30. The molecule has 2 aliphatic heterocycles. The van der Waals surface area contributed by atoms with Crippen LogP contribution in [0.2, 0.25) is 0 Å². The number of aryl methyl sites for hydroxylation is 1. The lowest BCUT2D eigenvalue weighted by molar-refractivity contribution is 0.0545. The van der Waals surface area contributed by atoms with Crippen molar-refractivity contribution in [2.75, 3.05) is 39.9 Å². The Bertz CT molecular complexity index is 483. The number of nitrogens with zero attached hydrogens (tertiary/aromatic N) is 5. The number of likely N-dealkylation sites (tertiary alicyclic amines) is 1. The zero-order valence-electron chi connectivity index (χ0n) is 14.2. The zero-order chi connectivity index (χ0) is 15.5. The first-order valence-electron chi connectivity index (χ1n) is 8.48. The molecule has 1 aromatic heterocycles. The molecule has 0 aromatic carbocycles. The minimum absolute atomic E-state index is 0.636. The summed E-state index contributed by atoms with van der Waals surface area (Å²) in [6, 6.07) is 0.636. The van der Waals surface area contributed by atoms with E-state index in [4.69, 9.17) is 4.74 Å². The number of hydrogen-bond acceptors (Lipinski definition) is 5. The topological polar surface area (TPSA) is 46.4 Å². The highest BCUT2D eigenvalue weighted by molar-refractivity contribution is 4.94. The van der Waals surface area contributed by atoms with Crippen molar-refractivity contribution in [3.63, 3.8) is 0 Å². The lowest BCUT2D eigenvalue weighted by Gasteiger charge is -2.28. The summed E-state index contributed by atoms with van der Waals surface area (Å²) in [5.41, 5.74) is 0. The van der Waals surface area contributed by atoms with E-state index in [1.807, 2.05) is 14.0 Å². The second kappa shape index (κ2) is 7.06. The Morgan fingerprint density at radius 2 is 2.00 bits per heavy atom. The van der Waals surface area contributed by atoms with Gasteiger partial charge in [0.2, 0.25) is 0 Å². The highest BCUT2D eigenvalue weighted by Gasteiger charge is 2.28. The van der Waals surface area contributed by atoms with Crippen molar-refractivity contribution in [2.24, 2.45) is 13.0 Å². The van der Waals surface area contributed by atoms with Gasteiger partial charge in [-0.3, -0.25) is 4.90 Å². The fraction of sp³-hybridized carbons (Fsp3) is 0.875. The van der Waals surface area contributed by atoms with Crippen LogP contribution in [0.1, 0.15) is 30.9 Å². The van der Waals surface area contributed by atoms with E-state index in [0.717, 1.165) is 37.3 Å². The van der Waals surface area contributed by atoms with Gasteiger partial charge in [-0.15, -0.1) is 10.2 Å². The van der Waals surface area contributed by atoms with Gasteiger partial charge in [-0.1, -0.05) is 0 Å². The number of likely N-dealkylation sites (N-methyl/N-ethyl adjacent to an activating group) is 1. The van der Waals surface area contributed by atoms with Crippen LogP contribution >= 0.6 is 0 Å². The third kappa shape index (κ3) is 3.67. The van der Waals surface area contributed by atoms with E-state index in [1.165, 1.54) is 38.9 Å². The molecule has 0 amide bonds. The lowest BCUT2D eigenvalue weighted by Crippen LogP contribution is -2.36. The number of hydrogen-bond donors (Lipinski definition) is 0. The molecule has 6 nitrogen and oxygen atoms in total. The third-order valence-electron chi connectivity index (χ3n) is 5.30. The average molecular weight is 307 g/mol. The monoisotopic (exact) mass is 307 g/mol. The summed E-state index contributed by atoms with van der Waals surface area (Å²) >= 11 is 0. The van der Waals surface area contributed by atoms with Crippen LogP contribution in [0, 0.1) is 12.8 Å². The van der Waals surface area contributed by atoms with Gasteiger partial charge in [0.25, 0.3) is 0 Å². The summed E-state index contributed by atoms with van der Waals surface area (Å²) in [4.78, 5) is 5.08. The van der Waals surface area contributed by atoms with Gasteiger partial charge in [0, 0.05) is 39.4 Å². The Morgan fingerprint density at radius 3 is 2.68 bits per heavy atom. The second-order valence-electron chi connectivity index (χ2n) is 6.90. The quantitative estimate of drug-likeness (QED) is 0.814. The maximum absolute atomic E-state index is 5.46. The molecule has 1 aromatic rings. The molecule has 0 saturated carbocycles. The predicted octanol–water partition coefficient (Wildman–Crippen LogP) is 1.06. The molecular weight excluding hydrogens is 278 g/mol. The molecule has 1 atom stereocenters. The van der Waals surface area contributed by atoms with Crippen LogP contribution in [0.3, 0.4) is 0 Å². The van der Waals surface area contributed by atoms with Crippen LogP contribution in [0.25, 0.3) is 0 Å². The van der Waals surface area contributed by atoms with E-state index in [-0.39, 0.29) is 0 Å². The summed E-state index contributed by atoms with van der Waals surface area (Å²) in [6.07, 6.45) is 3.72. The molecule has 0 bridgehead atoms. The summed E-state index contributed by atoms with van der Waals surface area (Å²) < 4.78 is 7.55. The summed E-state index contributed by atoms with van der Waals surface area (Å²) in [7, 11) is 4.26. The maximum atomic E-state index is 5.46. The van der Waals surface area contributed by atoms with Crippen molar-refractivity contribution < 1.29 is 4.74 Å². The minimum atomic E-state index is 0.636. The van der Waals surface area contributed by atoms with Gasteiger partial charge >= 0.3 is 0 Å². The van der Waals surface area contributed by atoms with Crippen molar-refractivity contribution in [3.8, 4) is 0 Å². The van der Waals surface area contributed by atoms with Gasteiger partial charge < -0.3 is 14.2 Å². The molecule has 0 spiro atoms. The Morgan fingerprint density at radius 1 is 1.23 bits per heavy atom. The van der Waals surface area contributed by atoms with Crippen LogP contribution in [0.5, 0.6) is 0 Å². The molecule has 0 aliphatic carbocycles. The van der Waals surface area contributed by atoms with Gasteiger partial charge in [-0.25, -0.2) is 0 Å². The van der Waals surface area contributed by atoms with E-state index < -0.39 is 0 Å². The molecule has 0 N–H and O–H groups in total. The molecule has 2 fully saturated rings. The summed E-state index contributed by atoms with van der Waals surface area (Å²) in [5, 5.41) is 8.44. The zero-order valence-corrected chi connectivity index (χ0v) is 14.2.